The molecule has 9 heteroatoms. The van der Waals surface area contributed by atoms with Crippen molar-refractivity contribution >= 4 is 34.7 Å². The lowest BCUT2D eigenvalue weighted by Gasteiger charge is -2.18. The quantitative estimate of drug-likeness (QED) is 0.192. The number of carboxylic acids is 1. The lowest BCUT2D eigenvalue weighted by Crippen LogP contribution is -2.26. The third-order valence-electron chi connectivity index (χ3n) is 6.48. The van der Waals surface area contributed by atoms with Gasteiger partial charge in [-0.25, -0.2) is 13.6 Å². The van der Waals surface area contributed by atoms with Crippen molar-refractivity contribution in [1.82, 2.24) is 0 Å². The minimum absolute atomic E-state index is 0.0391. The topological polar surface area (TPSA) is 102 Å². The van der Waals surface area contributed by atoms with Crippen LogP contribution in [0.4, 0.5) is 25.8 Å². The molecule has 1 heterocycles. The van der Waals surface area contributed by atoms with Crippen molar-refractivity contribution in [3.8, 4) is 16.9 Å². The number of carboxylic acid groups (broad SMARTS) is 1. The van der Waals surface area contributed by atoms with Gasteiger partial charge in [0.05, 0.1) is 16.9 Å². The number of nitrogens with one attached hydrogen (secondary N) is 1. The molecule has 0 bridgehead atoms. The number of halogens is 2. The maximum absolute atomic E-state index is 15.0. The molecule has 0 radical (unpaired) electrons. The van der Waals surface area contributed by atoms with Gasteiger partial charge in [-0.1, -0.05) is 50.2 Å². The standard InChI is InChI=1S/C30H23F2N3O4/c1-16(2)17-9-11-21(12-10-17)35-27-23(14-20(31)15-24(27)32)26(29(35)37)34-33-25-8-4-7-22(28(25)36)18-5-3-6-19(13-18)30(38)39/h3-16,33,36H,1-2H3,(H,38,39)/b34-26+. The van der Waals surface area contributed by atoms with Gasteiger partial charge in [-0.2, -0.15) is 5.10 Å². The van der Waals surface area contributed by atoms with Crippen LogP contribution in [0.1, 0.15) is 41.3 Å². The summed E-state index contributed by atoms with van der Waals surface area (Å²) in [6, 6.07) is 19.5. The number of aromatic carboxylic acids is 1. The van der Waals surface area contributed by atoms with E-state index in [1.165, 1.54) is 18.2 Å². The molecular formula is C30H23F2N3O4. The van der Waals surface area contributed by atoms with Gasteiger partial charge in [-0.15, -0.1) is 0 Å². The second-order valence-corrected chi connectivity index (χ2v) is 9.33. The molecule has 0 unspecified atom stereocenters. The van der Waals surface area contributed by atoms with Crippen molar-refractivity contribution in [3.05, 3.63) is 107 Å². The fourth-order valence-electron chi connectivity index (χ4n) is 4.46. The van der Waals surface area contributed by atoms with E-state index in [1.54, 1.807) is 36.4 Å². The number of carbonyl (C=O) groups excluding carboxylic acids is 1. The summed E-state index contributed by atoms with van der Waals surface area (Å²) in [6.07, 6.45) is 0. The zero-order valence-electron chi connectivity index (χ0n) is 20.9. The van der Waals surface area contributed by atoms with E-state index in [9.17, 15) is 24.2 Å². The Hall–Kier alpha value is -5.05. The number of hydrazone groups is 1. The van der Waals surface area contributed by atoms with Crippen molar-refractivity contribution in [1.29, 1.82) is 0 Å². The molecule has 1 amide bonds. The molecular weight excluding hydrogens is 504 g/mol. The molecule has 1 aliphatic heterocycles. The number of hydrogen-bond donors (Lipinski definition) is 3. The van der Waals surface area contributed by atoms with Crippen molar-refractivity contribution < 1.29 is 28.6 Å². The Kier molecular flexibility index (Phi) is 6.57. The van der Waals surface area contributed by atoms with Crippen LogP contribution < -0.4 is 10.3 Å². The molecule has 0 saturated carbocycles. The first kappa shape index (κ1) is 25.6. The number of para-hydroxylation sites is 1. The van der Waals surface area contributed by atoms with Crippen molar-refractivity contribution in [2.45, 2.75) is 19.8 Å². The molecule has 3 N–H and O–H groups in total. The molecule has 0 aliphatic carbocycles. The van der Waals surface area contributed by atoms with Crippen molar-refractivity contribution in [2.24, 2.45) is 5.10 Å². The first-order chi connectivity index (χ1) is 18.7. The van der Waals surface area contributed by atoms with E-state index < -0.39 is 23.5 Å². The summed E-state index contributed by atoms with van der Waals surface area (Å²) in [5.74, 6) is -3.57. The second-order valence-electron chi connectivity index (χ2n) is 9.33. The number of carbonyl (C=O) groups is 2. The monoisotopic (exact) mass is 527 g/mol. The van der Waals surface area contributed by atoms with Crippen LogP contribution in [0, 0.1) is 11.6 Å². The molecule has 5 rings (SSSR count). The van der Waals surface area contributed by atoms with E-state index in [0.717, 1.165) is 16.5 Å². The Morgan fingerprint density at radius 2 is 1.67 bits per heavy atom. The van der Waals surface area contributed by atoms with Gasteiger partial charge in [0, 0.05) is 22.9 Å². The van der Waals surface area contributed by atoms with Crippen LogP contribution >= 0.6 is 0 Å². The number of fused-ring (bicyclic) bond motifs is 1. The summed E-state index contributed by atoms with van der Waals surface area (Å²) in [7, 11) is 0. The number of phenolic OH excluding ortho intramolecular Hbond substituents is 1. The first-order valence-corrected chi connectivity index (χ1v) is 12.1. The summed E-state index contributed by atoms with van der Waals surface area (Å²) in [5, 5.41) is 24.3. The number of rotatable bonds is 6. The number of aromatic hydroxyl groups is 1. The third-order valence-corrected chi connectivity index (χ3v) is 6.48. The molecule has 0 saturated heterocycles. The Morgan fingerprint density at radius 1 is 0.949 bits per heavy atom. The number of phenols is 1. The second kappa shape index (κ2) is 10.0. The highest BCUT2D eigenvalue weighted by molar-refractivity contribution is 6.55. The van der Waals surface area contributed by atoms with Gasteiger partial charge in [0.2, 0.25) is 0 Å². The summed E-state index contributed by atoms with van der Waals surface area (Å²) in [4.78, 5) is 26.0. The molecule has 4 aromatic carbocycles. The SMILES string of the molecule is CC(C)c1ccc(N2C(=O)/C(=N/Nc3cccc(-c4cccc(C(=O)O)c4)c3O)c3cc(F)cc(F)c32)cc1. The van der Waals surface area contributed by atoms with E-state index in [1.807, 2.05) is 26.0 Å². The highest BCUT2D eigenvalue weighted by Crippen LogP contribution is 2.40. The molecule has 0 aromatic heterocycles. The molecule has 0 fully saturated rings. The average Bonchev–Trinajstić information content (AvgIpc) is 3.19. The van der Waals surface area contributed by atoms with Crippen molar-refractivity contribution in [2.75, 3.05) is 10.3 Å². The van der Waals surface area contributed by atoms with Gasteiger partial charge in [0.15, 0.2) is 11.5 Å². The largest absolute Gasteiger partial charge is 0.505 e. The summed E-state index contributed by atoms with van der Waals surface area (Å²) < 4.78 is 29.2. The summed E-state index contributed by atoms with van der Waals surface area (Å²) >= 11 is 0. The molecule has 1 aliphatic rings. The fraction of sp³-hybridized carbons (Fsp3) is 0.100. The predicted molar refractivity (Wildman–Crippen MR) is 145 cm³/mol. The number of nitrogens with zero attached hydrogens (tertiary/aromatic N) is 2. The molecule has 196 valence electrons. The van der Waals surface area contributed by atoms with Crippen molar-refractivity contribution in [3.63, 3.8) is 0 Å². The summed E-state index contributed by atoms with van der Waals surface area (Å²) in [5.41, 5.74) is 4.58. The lowest BCUT2D eigenvalue weighted by atomic mass is 10.0. The number of benzene rings is 4. The van der Waals surface area contributed by atoms with E-state index in [4.69, 9.17) is 0 Å². The van der Waals surface area contributed by atoms with Crippen LogP contribution in [0.5, 0.6) is 5.75 Å². The fourth-order valence-corrected chi connectivity index (χ4v) is 4.46. The highest BCUT2D eigenvalue weighted by Gasteiger charge is 2.38. The zero-order chi connectivity index (χ0) is 27.8. The van der Waals surface area contributed by atoms with Gasteiger partial charge >= 0.3 is 5.97 Å². The third kappa shape index (κ3) is 4.70. The number of amides is 1. The predicted octanol–water partition coefficient (Wildman–Crippen LogP) is 6.65. The zero-order valence-corrected chi connectivity index (χ0v) is 20.9. The molecule has 4 aromatic rings. The normalized spacial score (nSPS) is 13.7. The number of hydrogen-bond acceptors (Lipinski definition) is 5. The highest BCUT2D eigenvalue weighted by atomic mass is 19.1. The average molecular weight is 528 g/mol. The van der Waals surface area contributed by atoms with E-state index >= 15 is 4.39 Å². The molecule has 0 spiro atoms. The van der Waals surface area contributed by atoms with Gasteiger partial charge in [0.1, 0.15) is 11.6 Å². The van der Waals surface area contributed by atoms with Crippen LogP contribution in [0.15, 0.2) is 84.0 Å². The van der Waals surface area contributed by atoms with E-state index in [-0.39, 0.29) is 39.9 Å². The van der Waals surface area contributed by atoms with Gasteiger partial charge < -0.3 is 10.2 Å². The van der Waals surface area contributed by atoms with Gasteiger partial charge in [0.25, 0.3) is 5.91 Å². The van der Waals surface area contributed by atoms with Crippen LogP contribution in [0.2, 0.25) is 0 Å². The van der Waals surface area contributed by atoms with Crippen LogP contribution in [0.25, 0.3) is 11.1 Å². The van der Waals surface area contributed by atoms with E-state index in [0.29, 0.717) is 22.9 Å². The molecule has 39 heavy (non-hydrogen) atoms. The van der Waals surface area contributed by atoms with Crippen LogP contribution in [0.3, 0.4) is 0 Å². The minimum Gasteiger partial charge on any atom is -0.505 e. The van der Waals surface area contributed by atoms with Gasteiger partial charge in [-0.05, 0) is 53.4 Å². The minimum atomic E-state index is -1.11. The first-order valence-electron chi connectivity index (χ1n) is 12.1. The van der Waals surface area contributed by atoms with E-state index in [2.05, 4.69) is 10.5 Å². The molecule has 0 atom stereocenters. The lowest BCUT2D eigenvalue weighted by molar-refractivity contribution is -0.111. The Balaban J connectivity index is 1.54. The smallest absolute Gasteiger partial charge is 0.335 e. The Labute approximate surface area is 222 Å². The Morgan fingerprint density at radius 3 is 2.36 bits per heavy atom. The van der Waals surface area contributed by atoms with Crippen LogP contribution in [-0.4, -0.2) is 27.8 Å². The summed E-state index contributed by atoms with van der Waals surface area (Å²) in [6.45, 7) is 4.05. The van der Waals surface area contributed by atoms with Gasteiger partial charge in [-0.3, -0.25) is 15.1 Å². The molecule has 7 nitrogen and oxygen atoms in total. The van der Waals surface area contributed by atoms with Crippen LogP contribution in [-0.2, 0) is 4.79 Å². The maximum Gasteiger partial charge on any atom is 0.335 e. The number of anilines is 3. The Bertz CT molecular complexity index is 1650. The maximum atomic E-state index is 15.0.